The Hall–Kier alpha value is -3.64. The highest BCUT2D eigenvalue weighted by molar-refractivity contribution is 6.27. The van der Waals surface area contributed by atoms with E-state index in [2.05, 4.69) is 123 Å². The molecule has 0 aliphatic heterocycles. The summed E-state index contributed by atoms with van der Waals surface area (Å²) in [6, 6.07) is 40.2. The average Bonchev–Trinajstić information content (AvgIpc) is 3.30. The largest absolute Gasteiger partial charge is 0.0622 e. The van der Waals surface area contributed by atoms with E-state index in [1.807, 2.05) is 0 Å². The third kappa shape index (κ3) is 4.22. The number of allylic oxidation sites excluding steroid dienone is 4. The standard InChI is InChI=1S/C33H30/c1-3-24-15-19-26(20-16-24)30-23-31(27-21-17-25(4-2)18-22-27)33(29-13-9-6-10-14-29)32(30)28-11-7-5-8-12-28/h5-22H,3-4,23H2,1-2H3. The topological polar surface area (TPSA) is 0 Å². The molecule has 0 amide bonds. The minimum Gasteiger partial charge on any atom is -0.0622 e. The van der Waals surface area contributed by atoms with Gasteiger partial charge in [-0.3, -0.25) is 0 Å². The molecule has 4 aromatic rings. The van der Waals surface area contributed by atoms with Gasteiger partial charge in [0.1, 0.15) is 0 Å². The van der Waals surface area contributed by atoms with Crippen molar-refractivity contribution < 1.29 is 0 Å². The van der Waals surface area contributed by atoms with Crippen LogP contribution in [-0.4, -0.2) is 0 Å². The van der Waals surface area contributed by atoms with E-state index in [9.17, 15) is 0 Å². The van der Waals surface area contributed by atoms with Crippen LogP contribution in [0.25, 0.3) is 22.3 Å². The highest BCUT2D eigenvalue weighted by Gasteiger charge is 2.28. The zero-order chi connectivity index (χ0) is 22.6. The summed E-state index contributed by atoms with van der Waals surface area (Å²) >= 11 is 0. The maximum Gasteiger partial charge on any atom is -0.000111 e. The maximum absolute atomic E-state index is 2.31. The SMILES string of the molecule is CCc1ccc(C2=C(c3ccccc3)C(c3ccccc3)=C(c3ccc(CC)cc3)C2)cc1. The molecule has 0 N–H and O–H groups in total. The summed E-state index contributed by atoms with van der Waals surface area (Å²) in [5, 5.41) is 0. The lowest BCUT2D eigenvalue weighted by Gasteiger charge is -2.15. The van der Waals surface area contributed by atoms with Crippen LogP contribution in [-0.2, 0) is 12.8 Å². The van der Waals surface area contributed by atoms with Gasteiger partial charge in [0.25, 0.3) is 0 Å². The summed E-state index contributed by atoms with van der Waals surface area (Å²) in [5.74, 6) is 0. The quantitative estimate of drug-likeness (QED) is 0.289. The second-order valence-corrected chi connectivity index (χ2v) is 8.72. The molecule has 0 bridgehead atoms. The predicted molar refractivity (Wildman–Crippen MR) is 143 cm³/mol. The molecular weight excluding hydrogens is 396 g/mol. The van der Waals surface area contributed by atoms with Gasteiger partial charge < -0.3 is 0 Å². The minimum absolute atomic E-state index is 0.936. The van der Waals surface area contributed by atoms with Crippen molar-refractivity contribution in [1.82, 2.24) is 0 Å². The van der Waals surface area contributed by atoms with Crippen molar-refractivity contribution in [3.05, 3.63) is 143 Å². The first-order chi connectivity index (χ1) is 16.3. The van der Waals surface area contributed by atoms with E-state index < -0.39 is 0 Å². The van der Waals surface area contributed by atoms with Crippen LogP contribution >= 0.6 is 0 Å². The molecule has 4 aromatic carbocycles. The van der Waals surface area contributed by atoms with Crippen LogP contribution in [0, 0.1) is 0 Å². The second-order valence-electron chi connectivity index (χ2n) is 8.72. The van der Waals surface area contributed by atoms with E-state index in [1.54, 1.807) is 0 Å². The molecule has 0 radical (unpaired) electrons. The Bertz CT molecular complexity index is 1180. The summed E-state index contributed by atoms with van der Waals surface area (Å²) in [7, 11) is 0. The third-order valence-electron chi connectivity index (χ3n) is 6.75. The van der Waals surface area contributed by atoms with Crippen LogP contribution in [0.1, 0.15) is 53.6 Å². The first-order valence-electron chi connectivity index (χ1n) is 12.0. The average molecular weight is 427 g/mol. The van der Waals surface area contributed by atoms with Gasteiger partial charge in [0.2, 0.25) is 0 Å². The molecule has 1 aliphatic rings. The van der Waals surface area contributed by atoms with E-state index in [4.69, 9.17) is 0 Å². The molecule has 0 saturated heterocycles. The lowest BCUT2D eigenvalue weighted by molar-refractivity contribution is 1.14. The summed E-state index contributed by atoms with van der Waals surface area (Å²) in [6.45, 7) is 4.43. The van der Waals surface area contributed by atoms with Crippen molar-refractivity contribution in [3.63, 3.8) is 0 Å². The van der Waals surface area contributed by atoms with Gasteiger partial charge in [-0.15, -0.1) is 0 Å². The molecule has 162 valence electrons. The van der Waals surface area contributed by atoms with Gasteiger partial charge in [-0.25, -0.2) is 0 Å². The fourth-order valence-electron chi connectivity index (χ4n) is 4.88. The Balaban J connectivity index is 1.75. The zero-order valence-corrected chi connectivity index (χ0v) is 19.5. The lowest BCUT2D eigenvalue weighted by atomic mass is 9.89. The fourth-order valence-corrected chi connectivity index (χ4v) is 4.88. The predicted octanol–water partition coefficient (Wildman–Crippen LogP) is 8.74. The first-order valence-corrected chi connectivity index (χ1v) is 12.0. The number of hydrogen-bond acceptors (Lipinski definition) is 0. The van der Waals surface area contributed by atoms with Crippen molar-refractivity contribution in [3.8, 4) is 0 Å². The molecular formula is C33H30. The van der Waals surface area contributed by atoms with Crippen molar-refractivity contribution in [2.24, 2.45) is 0 Å². The summed E-state index contributed by atoms with van der Waals surface area (Å²) in [4.78, 5) is 0. The normalized spacial score (nSPS) is 13.6. The second kappa shape index (κ2) is 9.46. The molecule has 0 heteroatoms. The van der Waals surface area contributed by atoms with Gasteiger partial charge >= 0.3 is 0 Å². The van der Waals surface area contributed by atoms with Crippen LogP contribution in [0.5, 0.6) is 0 Å². The van der Waals surface area contributed by atoms with Crippen molar-refractivity contribution in [2.75, 3.05) is 0 Å². The van der Waals surface area contributed by atoms with E-state index >= 15 is 0 Å². The van der Waals surface area contributed by atoms with Gasteiger partial charge in [-0.1, -0.05) is 123 Å². The van der Waals surface area contributed by atoms with E-state index in [1.165, 1.54) is 55.7 Å². The molecule has 0 saturated carbocycles. The van der Waals surface area contributed by atoms with Gasteiger partial charge in [-0.05, 0) is 74.9 Å². The van der Waals surface area contributed by atoms with Crippen LogP contribution in [0.2, 0.25) is 0 Å². The molecule has 0 unspecified atom stereocenters. The van der Waals surface area contributed by atoms with Crippen molar-refractivity contribution in [1.29, 1.82) is 0 Å². The van der Waals surface area contributed by atoms with E-state index in [0.29, 0.717) is 0 Å². The number of hydrogen-bond donors (Lipinski definition) is 0. The minimum atomic E-state index is 0.936. The molecule has 0 spiro atoms. The van der Waals surface area contributed by atoms with Crippen molar-refractivity contribution in [2.45, 2.75) is 33.1 Å². The lowest BCUT2D eigenvalue weighted by Crippen LogP contribution is -1.92. The summed E-state index contributed by atoms with van der Waals surface area (Å²) < 4.78 is 0. The molecule has 33 heavy (non-hydrogen) atoms. The summed E-state index contributed by atoms with van der Waals surface area (Å²) in [5.41, 5.74) is 13.5. The van der Waals surface area contributed by atoms with E-state index in [-0.39, 0.29) is 0 Å². The Morgan fingerprint density at radius 1 is 0.424 bits per heavy atom. The van der Waals surface area contributed by atoms with Gasteiger partial charge in [0, 0.05) is 0 Å². The molecule has 5 rings (SSSR count). The molecule has 0 heterocycles. The van der Waals surface area contributed by atoms with Crippen LogP contribution in [0.15, 0.2) is 109 Å². The molecule has 0 nitrogen and oxygen atoms in total. The number of benzene rings is 4. The molecule has 0 atom stereocenters. The smallest absolute Gasteiger partial charge is 0.000111 e. The Kier molecular flexibility index (Phi) is 6.09. The highest BCUT2D eigenvalue weighted by atomic mass is 14.3. The van der Waals surface area contributed by atoms with E-state index in [0.717, 1.165) is 19.3 Å². The Morgan fingerprint density at radius 2 is 0.788 bits per heavy atom. The first kappa shape index (κ1) is 21.2. The molecule has 0 aromatic heterocycles. The third-order valence-corrected chi connectivity index (χ3v) is 6.75. The summed E-state index contributed by atoms with van der Waals surface area (Å²) in [6.07, 6.45) is 3.06. The number of rotatable bonds is 6. The van der Waals surface area contributed by atoms with Crippen LogP contribution in [0.4, 0.5) is 0 Å². The number of aryl methyl sites for hydroxylation is 2. The van der Waals surface area contributed by atoms with Crippen LogP contribution in [0.3, 0.4) is 0 Å². The fraction of sp³-hybridized carbons (Fsp3) is 0.152. The highest BCUT2D eigenvalue weighted by Crippen LogP contribution is 2.51. The Morgan fingerprint density at radius 3 is 1.12 bits per heavy atom. The molecule has 1 aliphatic carbocycles. The monoisotopic (exact) mass is 426 g/mol. The van der Waals surface area contributed by atoms with Crippen LogP contribution < -0.4 is 0 Å². The van der Waals surface area contributed by atoms with Gasteiger partial charge in [0.05, 0.1) is 0 Å². The van der Waals surface area contributed by atoms with Gasteiger partial charge in [0.15, 0.2) is 0 Å². The zero-order valence-electron chi connectivity index (χ0n) is 19.5. The maximum atomic E-state index is 2.31. The van der Waals surface area contributed by atoms with Gasteiger partial charge in [-0.2, -0.15) is 0 Å². The Labute approximate surface area is 198 Å². The molecule has 0 fully saturated rings. The van der Waals surface area contributed by atoms with Crippen molar-refractivity contribution >= 4 is 22.3 Å².